The molecule has 1 amide bonds. The molecular weight excluding hydrogens is 230 g/mol. The summed E-state index contributed by atoms with van der Waals surface area (Å²) in [6, 6.07) is 4.02. The highest BCUT2D eigenvalue weighted by Crippen LogP contribution is 2.12. The van der Waals surface area contributed by atoms with Gasteiger partial charge in [-0.3, -0.25) is 14.7 Å². The van der Waals surface area contributed by atoms with E-state index in [4.69, 9.17) is 4.74 Å². The van der Waals surface area contributed by atoms with Gasteiger partial charge in [0.2, 0.25) is 5.91 Å². The van der Waals surface area contributed by atoms with Crippen molar-refractivity contribution >= 4 is 5.91 Å². The molecule has 1 N–H and O–H groups in total. The molecule has 0 aliphatic carbocycles. The van der Waals surface area contributed by atoms with E-state index in [0.717, 1.165) is 18.8 Å². The second-order valence-electron chi connectivity index (χ2n) is 4.46. The maximum absolute atomic E-state index is 11.6. The molecule has 1 aromatic heterocycles. The van der Waals surface area contributed by atoms with Crippen molar-refractivity contribution in [3.8, 4) is 0 Å². The van der Waals surface area contributed by atoms with Crippen LogP contribution in [0, 0.1) is 6.92 Å². The number of hydrogen-bond acceptors (Lipinski definition) is 4. The summed E-state index contributed by atoms with van der Waals surface area (Å²) in [4.78, 5) is 18.1. The summed E-state index contributed by atoms with van der Waals surface area (Å²) in [5, 5.41) is 2.63. The summed E-state index contributed by atoms with van der Waals surface area (Å²) in [6.45, 7) is 4.90. The van der Waals surface area contributed by atoms with E-state index in [1.807, 2.05) is 13.0 Å². The van der Waals surface area contributed by atoms with Crippen molar-refractivity contribution in [2.24, 2.45) is 0 Å². The summed E-state index contributed by atoms with van der Waals surface area (Å²) in [5.41, 5.74) is 2.25. The first kappa shape index (κ1) is 13.0. The maximum atomic E-state index is 11.6. The highest BCUT2D eigenvalue weighted by atomic mass is 16.5. The fraction of sp³-hybridized carbons (Fsp3) is 0.538. The van der Waals surface area contributed by atoms with Crippen LogP contribution in [0.4, 0.5) is 0 Å². The number of carbonyl (C=O) groups excluding carboxylic acids is 1. The van der Waals surface area contributed by atoms with Crippen molar-refractivity contribution < 1.29 is 9.53 Å². The van der Waals surface area contributed by atoms with Crippen LogP contribution in [0.25, 0.3) is 0 Å². The number of likely N-dealkylation sites (N-methyl/N-ethyl adjacent to an activating group) is 1. The molecule has 5 heteroatoms. The number of amides is 1. The van der Waals surface area contributed by atoms with E-state index in [0.29, 0.717) is 13.2 Å². The molecule has 1 unspecified atom stereocenters. The van der Waals surface area contributed by atoms with E-state index in [9.17, 15) is 4.79 Å². The van der Waals surface area contributed by atoms with Gasteiger partial charge in [0, 0.05) is 38.6 Å². The molecule has 98 valence electrons. The van der Waals surface area contributed by atoms with Crippen LogP contribution in [-0.2, 0) is 16.1 Å². The molecule has 1 saturated heterocycles. The Kier molecular flexibility index (Phi) is 4.28. The number of morpholine rings is 1. The summed E-state index contributed by atoms with van der Waals surface area (Å²) in [6.07, 6.45) is 1.44. The van der Waals surface area contributed by atoms with Crippen molar-refractivity contribution in [3.63, 3.8) is 0 Å². The van der Waals surface area contributed by atoms with Crippen molar-refractivity contribution in [2.45, 2.75) is 19.6 Å². The van der Waals surface area contributed by atoms with Gasteiger partial charge in [-0.15, -0.1) is 0 Å². The lowest BCUT2D eigenvalue weighted by Crippen LogP contribution is -2.48. The molecule has 2 rings (SSSR count). The van der Waals surface area contributed by atoms with Crippen LogP contribution in [0.1, 0.15) is 11.3 Å². The molecule has 1 aliphatic heterocycles. The Morgan fingerprint density at radius 2 is 2.50 bits per heavy atom. The van der Waals surface area contributed by atoms with E-state index in [-0.39, 0.29) is 12.0 Å². The highest BCUT2D eigenvalue weighted by Gasteiger charge is 2.25. The number of nitrogens with one attached hydrogen (secondary N) is 1. The van der Waals surface area contributed by atoms with Gasteiger partial charge in [0.05, 0.1) is 6.61 Å². The van der Waals surface area contributed by atoms with Gasteiger partial charge in [-0.2, -0.15) is 0 Å². The van der Waals surface area contributed by atoms with Crippen LogP contribution in [0.3, 0.4) is 0 Å². The van der Waals surface area contributed by atoms with Crippen molar-refractivity contribution in [2.75, 3.05) is 26.7 Å². The number of carbonyl (C=O) groups is 1. The van der Waals surface area contributed by atoms with Crippen LogP contribution in [0.2, 0.25) is 0 Å². The summed E-state index contributed by atoms with van der Waals surface area (Å²) < 4.78 is 5.46. The maximum Gasteiger partial charge on any atom is 0.250 e. The molecule has 1 aromatic rings. The van der Waals surface area contributed by atoms with Crippen molar-refractivity contribution in [1.29, 1.82) is 0 Å². The zero-order chi connectivity index (χ0) is 13.0. The number of hydrogen-bond donors (Lipinski definition) is 1. The second kappa shape index (κ2) is 5.93. The summed E-state index contributed by atoms with van der Waals surface area (Å²) in [7, 11) is 1.63. The van der Waals surface area contributed by atoms with Gasteiger partial charge in [0.25, 0.3) is 0 Å². The Hall–Kier alpha value is -1.46. The Labute approximate surface area is 107 Å². The predicted molar refractivity (Wildman–Crippen MR) is 68.1 cm³/mol. The lowest BCUT2D eigenvalue weighted by molar-refractivity contribution is -0.138. The molecule has 5 nitrogen and oxygen atoms in total. The summed E-state index contributed by atoms with van der Waals surface area (Å²) in [5.74, 6) is -0.0531. The number of aromatic nitrogens is 1. The van der Waals surface area contributed by atoms with Gasteiger partial charge in [0.15, 0.2) is 0 Å². The monoisotopic (exact) mass is 249 g/mol. The molecule has 0 radical (unpaired) electrons. The van der Waals surface area contributed by atoms with Gasteiger partial charge in [-0.25, -0.2) is 0 Å². The van der Waals surface area contributed by atoms with Gasteiger partial charge in [0.1, 0.15) is 6.10 Å². The van der Waals surface area contributed by atoms with E-state index in [1.165, 1.54) is 5.56 Å². The van der Waals surface area contributed by atoms with Gasteiger partial charge < -0.3 is 10.1 Å². The Balaban J connectivity index is 1.98. The molecule has 1 atom stereocenters. The average molecular weight is 249 g/mol. The van der Waals surface area contributed by atoms with E-state index < -0.39 is 0 Å². The minimum absolute atomic E-state index is 0.0531. The van der Waals surface area contributed by atoms with Crippen molar-refractivity contribution in [3.05, 3.63) is 29.6 Å². The zero-order valence-electron chi connectivity index (χ0n) is 10.8. The van der Waals surface area contributed by atoms with Gasteiger partial charge >= 0.3 is 0 Å². The average Bonchev–Trinajstić information content (AvgIpc) is 2.41. The minimum atomic E-state index is -0.360. The number of aryl methyl sites for hydroxylation is 1. The number of pyridine rings is 1. The van der Waals surface area contributed by atoms with Crippen LogP contribution >= 0.6 is 0 Å². The Morgan fingerprint density at radius 3 is 3.22 bits per heavy atom. The Bertz CT molecular complexity index is 422. The third-order valence-electron chi connectivity index (χ3n) is 3.20. The molecule has 0 aromatic carbocycles. The molecule has 0 spiro atoms. The normalized spacial score (nSPS) is 20.7. The number of ether oxygens (including phenoxy) is 1. The largest absolute Gasteiger partial charge is 0.366 e. The SMILES string of the molecule is CNC(=O)C1CN(Cc2cccnc2C)CCO1. The smallest absolute Gasteiger partial charge is 0.250 e. The van der Waals surface area contributed by atoms with Crippen LogP contribution < -0.4 is 5.32 Å². The first-order valence-electron chi connectivity index (χ1n) is 6.16. The fourth-order valence-corrected chi connectivity index (χ4v) is 2.09. The second-order valence-corrected chi connectivity index (χ2v) is 4.46. The van der Waals surface area contributed by atoms with Crippen molar-refractivity contribution in [1.82, 2.24) is 15.2 Å². The third kappa shape index (κ3) is 3.05. The third-order valence-corrected chi connectivity index (χ3v) is 3.20. The van der Waals surface area contributed by atoms with E-state index in [2.05, 4.69) is 21.3 Å². The Morgan fingerprint density at radius 1 is 1.67 bits per heavy atom. The zero-order valence-corrected chi connectivity index (χ0v) is 10.8. The minimum Gasteiger partial charge on any atom is -0.366 e. The first-order valence-corrected chi connectivity index (χ1v) is 6.16. The van der Waals surface area contributed by atoms with Crippen LogP contribution in [0.15, 0.2) is 18.3 Å². The highest BCUT2D eigenvalue weighted by molar-refractivity contribution is 5.80. The van der Waals surface area contributed by atoms with Gasteiger partial charge in [-0.05, 0) is 18.6 Å². The van der Waals surface area contributed by atoms with Crippen LogP contribution in [0.5, 0.6) is 0 Å². The standard InChI is InChI=1S/C13H19N3O2/c1-10-11(4-3-5-15-10)8-16-6-7-18-12(9-16)13(17)14-2/h3-5,12H,6-9H2,1-2H3,(H,14,17). The lowest BCUT2D eigenvalue weighted by atomic mass is 10.1. The molecule has 1 aliphatic rings. The predicted octanol–water partition coefficient (Wildman–Crippen LogP) is 0.337. The molecule has 18 heavy (non-hydrogen) atoms. The van der Waals surface area contributed by atoms with Crippen LogP contribution in [-0.4, -0.2) is 48.6 Å². The topological polar surface area (TPSA) is 54.5 Å². The molecule has 2 heterocycles. The van der Waals surface area contributed by atoms with E-state index >= 15 is 0 Å². The molecule has 1 fully saturated rings. The lowest BCUT2D eigenvalue weighted by Gasteiger charge is -2.32. The molecule has 0 saturated carbocycles. The molecule has 0 bridgehead atoms. The summed E-state index contributed by atoms with van der Waals surface area (Å²) >= 11 is 0. The number of nitrogens with zero attached hydrogens (tertiary/aromatic N) is 2. The number of rotatable bonds is 3. The fourth-order valence-electron chi connectivity index (χ4n) is 2.09. The molecular formula is C13H19N3O2. The van der Waals surface area contributed by atoms with Gasteiger partial charge in [-0.1, -0.05) is 6.07 Å². The first-order chi connectivity index (χ1) is 8.70. The van der Waals surface area contributed by atoms with E-state index in [1.54, 1.807) is 13.2 Å². The quantitative estimate of drug-likeness (QED) is 0.839.